The average Bonchev–Trinajstić information content (AvgIpc) is 2.66. The van der Waals surface area contributed by atoms with Crippen molar-refractivity contribution < 1.29 is 32.3 Å². The van der Waals surface area contributed by atoms with Crippen LogP contribution in [0.4, 0.5) is 13.2 Å². The van der Waals surface area contributed by atoms with Gasteiger partial charge in [0.25, 0.3) is 11.5 Å². The van der Waals surface area contributed by atoms with E-state index in [1.54, 1.807) is 4.98 Å². The molecule has 2 heterocycles. The van der Waals surface area contributed by atoms with Gasteiger partial charge in [0.2, 0.25) is 0 Å². The second-order valence-corrected chi connectivity index (χ2v) is 6.14. The van der Waals surface area contributed by atoms with Gasteiger partial charge >= 0.3 is 6.18 Å². The lowest BCUT2D eigenvalue weighted by Crippen LogP contribution is -2.30. The molecule has 0 saturated heterocycles. The van der Waals surface area contributed by atoms with Crippen LogP contribution in [-0.4, -0.2) is 29.4 Å². The number of alkyl halides is 3. The number of carbonyl (C=O) groups excluding carboxylic acids is 1. The zero-order valence-electron chi connectivity index (χ0n) is 14.5. The minimum Gasteiger partial charge on any atom is -0.479 e. The number of aromatic amines is 1. The molecular weight excluding hydrogens is 419 g/mol. The van der Waals surface area contributed by atoms with Crippen LogP contribution < -0.4 is 16.0 Å². The topological polar surface area (TPSA) is 107 Å². The zero-order valence-corrected chi connectivity index (χ0v) is 15.2. The summed E-state index contributed by atoms with van der Waals surface area (Å²) >= 11 is 6.12. The number of hydrogen-bond donors (Lipinski definition) is 2. The van der Waals surface area contributed by atoms with Crippen LogP contribution in [0.5, 0.6) is 5.75 Å². The van der Waals surface area contributed by atoms with Gasteiger partial charge in [0.05, 0.1) is 5.02 Å². The van der Waals surface area contributed by atoms with Crippen molar-refractivity contribution in [3.63, 3.8) is 0 Å². The fourth-order valence-electron chi connectivity index (χ4n) is 2.47. The van der Waals surface area contributed by atoms with Gasteiger partial charge in [-0.15, -0.1) is 0 Å². The van der Waals surface area contributed by atoms with Crippen LogP contribution in [0.3, 0.4) is 0 Å². The van der Waals surface area contributed by atoms with Crippen LogP contribution >= 0.6 is 11.6 Å². The Labute approximate surface area is 166 Å². The summed E-state index contributed by atoms with van der Waals surface area (Å²) in [6, 6.07) is 4.62. The van der Waals surface area contributed by atoms with Gasteiger partial charge in [0.1, 0.15) is 29.5 Å². The molecule has 2 aromatic rings. The number of hydroxylamine groups is 2. The summed E-state index contributed by atoms with van der Waals surface area (Å²) in [5.41, 5.74) is 1.42. The Kier molecular flexibility index (Phi) is 5.71. The van der Waals surface area contributed by atoms with Crippen molar-refractivity contribution in [2.24, 2.45) is 5.73 Å². The maximum Gasteiger partial charge on any atom is 0.431 e. The highest BCUT2D eigenvalue weighted by atomic mass is 35.5. The number of nitrogens with two attached hydrogens (primary N) is 1. The molecule has 0 unspecified atom stereocenters. The van der Waals surface area contributed by atoms with Crippen LogP contribution in [0.15, 0.2) is 41.6 Å². The first-order valence-electron chi connectivity index (χ1n) is 7.92. The number of ether oxygens (including phenoxy) is 2. The van der Waals surface area contributed by atoms with Crippen molar-refractivity contribution in [2.45, 2.75) is 6.18 Å². The minimum atomic E-state index is -4.88. The number of rotatable bonds is 5. The molecule has 29 heavy (non-hydrogen) atoms. The summed E-state index contributed by atoms with van der Waals surface area (Å²) < 4.78 is 50.6. The lowest BCUT2D eigenvalue weighted by molar-refractivity contribution is -0.203. The number of pyridine rings is 1. The van der Waals surface area contributed by atoms with E-state index >= 15 is 0 Å². The molecular formula is C17H13ClF3N3O5. The normalized spacial score (nSPS) is 14.2. The largest absolute Gasteiger partial charge is 0.479 e. The van der Waals surface area contributed by atoms with Crippen molar-refractivity contribution in [3.05, 3.63) is 63.4 Å². The highest BCUT2D eigenvalue weighted by molar-refractivity contribution is 6.32. The Hall–Kier alpha value is -3.18. The van der Waals surface area contributed by atoms with Gasteiger partial charge in [-0.1, -0.05) is 22.7 Å². The summed E-state index contributed by atoms with van der Waals surface area (Å²) in [5.74, 6) is -0.994. The Balaban J connectivity index is 1.94. The summed E-state index contributed by atoms with van der Waals surface area (Å²) in [4.78, 5) is 29.9. The van der Waals surface area contributed by atoms with E-state index in [1.807, 2.05) is 0 Å². The fraction of sp³-hybridized carbons (Fsp3) is 0.176. The van der Waals surface area contributed by atoms with Gasteiger partial charge in [-0.05, 0) is 23.8 Å². The molecule has 12 heteroatoms. The quantitative estimate of drug-likeness (QED) is 0.754. The summed E-state index contributed by atoms with van der Waals surface area (Å²) in [6.45, 7) is 0.0378. The number of nitrogens with zero attached hydrogens (tertiary/aromatic N) is 1. The minimum absolute atomic E-state index is 0.00378. The molecule has 0 fully saturated rings. The molecule has 3 rings (SSSR count). The van der Waals surface area contributed by atoms with Crippen LogP contribution in [-0.2, 0) is 15.8 Å². The Morgan fingerprint density at radius 2 is 2.07 bits per heavy atom. The van der Waals surface area contributed by atoms with Crippen molar-refractivity contribution in [1.29, 1.82) is 0 Å². The number of aromatic nitrogens is 1. The van der Waals surface area contributed by atoms with E-state index < -0.39 is 34.5 Å². The first kappa shape index (κ1) is 20.6. The van der Waals surface area contributed by atoms with E-state index in [0.29, 0.717) is 0 Å². The van der Waals surface area contributed by atoms with Crippen molar-refractivity contribution in [2.75, 3.05) is 13.5 Å². The van der Waals surface area contributed by atoms with Crippen LogP contribution in [0, 0.1) is 0 Å². The summed E-state index contributed by atoms with van der Waals surface area (Å²) in [7, 11) is 0. The highest BCUT2D eigenvalue weighted by Gasteiger charge is 2.36. The smallest absolute Gasteiger partial charge is 0.431 e. The Bertz CT molecular complexity index is 1020. The van der Waals surface area contributed by atoms with Crippen molar-refractivity contribution in [1.82, 2.24) is 10.0 Å². The molecule has 1 aromatic carbocycles. The van der Waals surface area contributed by atoms with E-state index in [0.717, 1.165) is 6.07 Å². The fourth-order valence-corrected chi connectivity index (χ4v) is 2.70. The van der Waals surface area contributed by atoms with Gasteiger partial charge in [-0.25, -0.2) is 0 Å². The maximum atomic E-state index is 13.4. The second-order valence-electron chi connectivity index (χ2n) is 5.74. The lowest BCUT2D eigenvalue weighted by atomic mass is 10.0. The Morgan fingerprint density at radius 1 is 1.31 bits per heavy atom. The molecule has 1 aromatic heterocycles. The van der Waals surface area contributed by atoms with Gasteiger partial charge < -0.3 is 25.0 Å². The molecule has 1 aliphatic rings. The summed E-state index contributed by atoms with van der Waals surface area (Å²) in [6.07, 6.45) is -2.24. The van der Waals surface area contributed by atoms with Gasteiger partial charge in [0.15, 0.2) is 13.5 Å². The second kappa shape index (κ2) is 8.05. The number of H-pyrrole nitrogens is 1. The van der Waals surface area contributed by atoms with Gasteiger partial charge in [0, 0.05) is 5.56 Å². The number of nitrogens with one attached hydrogen (secondary N) is 1. The molecule has 8 nitrogen and oxygen atoms in total. The van der Waals surface area contributed by atoms with Crippen molar-refractivity contribution in [3.8, 4) is 16.9 Å². The predicted octanol–water partition coefficient (Wildman–Crippen LogP) is 2.84. The molecule has 0 bridgehead atoms. The number of amides is 1. The lowest BCUT2D eigenvalue weighted by Gasteiger charge is -2.22. The number of hydrogen-bond acceptors (Lipinski definition) is 6. The monoisotopic (exact) mass is 431 g/mol. The third-order valence-corrected chi connectivity index (χ3v) is 4.07. The van der Waals surface area contributed by atoms with Crippen LogP contribution in [0.1, 0.15) is 16.1 Å². The summed E-state index contributed by atoms with van der Waals surface area (Å²) in [5, 5.41) is 1.31. The van der Waals surface area contributed by atoms with E-state index in [9.17, 15) is 22.8 Å². The van der Waals surface area contributed by atoms with Crippen LogP contribution in [0.25, 0.3) is 11.1 Å². The highest BCUT2D eigenvalue weighted by Crippen LogP contribution is 2.37. The molecule has 1 amide bonds. The number of halogens is 4. The van der Waals surface area contributed by atoms with Gasteiger partial charge in [-0.2, -0.15) is 13.2 Å². The standard InChI is InChI=1S/C17H13ClF3N3O5/c18-12-5-9(1-2-13(12)28-8-24-7-27-3-4-29-24)10-6-11(15(22)25)16(26)23-14(10)17(19,20)21/h1-6H,7-8H2,(H2,22,25)(H,23,26). The van der Waals surface area contributed by atoms with Crippen molar-refractivity contribution >= 4 is 17.5 Å². The molecule has 0 saturated carbocycles. The molecule has 0 spiro atoms. The van der Waals surface area contributed by atoms with E-state index in [-0.39, 0.29) is 29.8 Å². The molecule has 154 valence electrons. The maximum absolute atomic E-state index is 13.4. The zero-order chi connectivity index (χ0) is 21.2. The first-order valence-corrected chi connectivity index (χ1v) is 8.30. The van der Waals surface area contributed by atoms with Gasteiger partial charge in [-0.3, -0.25) is 9.59 Å². The van der Waals surface area contributed by atoms with E-state index in [2.05, 4.69) is 0 Å². The third-order valence-electron chi connectivity index (χ3n) is 3.78. The van der Waals surface area contributed by atoms with E-state index in [4.69, 9.17) is 31.6 Å². The molecule has 0 atom stereocenters. The SMILES string of the molecule is NC(=O)c1cc(-c2ccc(OCN3COC=CO3)c(Cl)c2)c(C(F)(F)F)[nH]c1=O. The third kappa shape index (κ3) is 4.63. The number of benzene rings is 1. The van der Waals surface area contributed by atoms with E-state index in [1.165, 1.54) is 35.8 Å². The molecule has 3 N–H and O–H groups in total. The Morgan fingerprint density at radius 3 is 2.66 bits per heavy atom. The molecule has 1 aliphatic heterocycles. The first-order chi connectivity index (χ1) is 13.7. The predicted molar refractivity (Wildman–Crippen MR) is 94.5 cm³/mol. The molecule has 0 radical (unpaired) electrons. The average molecular weight is 432 g/mol. The van der Waals surface area contributed by atoms with Crippen LogP contribution in [0.2, 0.25) is 5.02 Å². The number of carbonyl (C=O) groups is 1. The molecule has 0 aliphatic carbocycles. The number of primary amides is 1.